The number of aryl methyl sites for hydroxylation is 2. The van der Waals surface area contributed by atoms with Crippen LogP contribution in [-0.4, -0.2) is 17.9 Å². The first-order valence-corrected chi connectivity index (χ1v) is 11.2. The lowest BCUT2D eigenvalue weighted by atomic mass is 9.95. The summed E-state index contributed by atoms with van der Waals surface area (Å²) >= 11 is 0. The van der Waals surface area contributed by atoms with Gasteiger partial charge in [0.25, 0.3) is 0 Å². The van der Waals surface area contributed by atoms with Crippen molar-refractivity contribution in [3.05, 3.63) is 100 Å². The summed E-state index contributed by atoms with van der Waals surface area (Å²) < 4.78 is 91.4. The van der Waals surface area contributed by atoms with Gasteiger partial charge in [-0.05, 0) is 66.3 Å². The van der Waals surface area contributed by atoms with Crippen molar-refractivity contribution >= 4 is 5.91 Å². The van der Waals surface area contributed by atoms with Crippen LogP contribution in [0.4, 0.5) is 30.7 Å². The second-order valence-corrected chi connectivity index (χ2v) is 8.48. The van der Waals surface area contributed by atoms with Crippen molar-refractivity contribution in [1.82, 2.24) is 15.6 Å². The van der Waals surface area contributed by atoms with Crippen molar-refractivity contribution in [2.24, 2.45) is 0 Å². The van der Waals surface area contributed by atoms with Gasteiger partial charge in [0.15, 0.2) is 0 Å². The van der Waals surface area contributed by atoms with Gasteiger partial charge in [-0.25, -0.2) is 4.39 Å². The molecule has 4 nitrogen and oxygen atoms in total. The highest BCUT2D eigenvalue weighted by Gasteiger charge is 2.33. The number of hydrogen-bond acceptors (Lipinski definition) is 3. The fraction of sp³-hybridized carbons (Fsp3) is 0.308. The smallest absolute Gasteiger partial charge is 0.358 e. The van der Waals surface area contributed by atoms with Gasteiger partial charge in [0, 0.05) is 19.3 Å². The standard InChI is InChI=1S/C26H24F7N3O/c1-15-13-18(7-10-20(15)27)21(11-3-16-4-12-22(35-14-16)26(31,32)33)36-23(24(37)34-2)17-5-8-19(9-6-17)25(28,29)30/h4-10,12-14,21,23,36H,3,11H2,1-2H3,(H,34,37)/t21-,23?/m0/s1. The SMILES string of the molecule is CNC(=O)C(N[C@@H](CCc1ccc(C(F)(F)F)nc1)c1ccc(F)c(C)c1)c1ccc(C(F)(F)F)cc1. The van der Waals surface area contributed by atoms with E-state index in [0.717, 1.165) is 24.4 Å². The summed E-state index contributed by atoms with van der Waals surface area (Å²) in [7, 11) is 1.38. The van der Waals surface area contributed by atoms with Crippen LogP contribution in [0.2, 0.25) is 0 Å². The molecule has 198 valence electrons. The van der Waals surface area contributed by atoms with Crippen molar-refractivity contribution in [3.63, 3.8) is 0 Å². The lowest BCUT2D eigenvalue weighted by Crippen LogP contribution is -2.38. The highest BCUT2D eigenvalue weighted by atomic mass is 19.4. The van der Waals surface area contributed by atoms with Crippen molar-refractivity contribution in [2.75, 3.05) is 7.05 Å². The molecule has 0 aliphatic carbocycles. The molecular weight excluding hydrogens is 503 g/mol. The Hall–Kier alpha value is -3.47. The predicted molar refractivity (Wildman–Crippen MR) is 123 cm³/mol. The van der Waals surface area contributed by atoms with E-state index in [2.05, 4.69) is 15.6 Å². The van der Waals surface area contributed by atoms with Crippen LogP contribution < -0.4 is 10.6 Å². The summed E-state index contributed by atoms with van der Waals surface area (Å²) in [6.07, 6.45) is -7.48. The Kier molecular flexibility index (Phi) is 8.57. The van der Waals surface area contributed by atoms with Crippen LogP contribution in [0.15, 0.2) is 60.8 Å². The zero-order valence-corrected chi connectivity index (χ0v) is 19.8. The monoisotopic (exact) mass is 527 g/mol. The molecule has 1 unspecified atom stereocenters. The van der Waals surface area contributed by atoms with E-state index in [1.54, 1.807) is 13.0 Å². The molecule has 0 fully saturated rings. The zero-order valence-electron chi connectivity index (χ0n) is 19.8. The number of likely N-dealkylation sites (N-methyl/N-ethyl adjacent to an activating group) is 1. The minimum absolute atomic E-state index is 0.257. The van der Waals surface area contributed by atoms with E-state index < -0.39 is 47.4 Å². The number of benzene rings is 2. The molecule has 0 aliphatic heterocycles. The molecule has 2 N–H and O–H groups in total. The Morgan fingerprint density at radius 1 is 0.919 bits per heavy atom. The number of hydrogen-bond donors (Lipinski definition) is 2. The summed E-state index contributed by atoms with van der Waals surface area (Å²) in [5.74, 6) is -0.959. The summed E-state index contributed by atoms with van der Waals surface area (Å²) in [6.45, 7) is 1.56. The van der Waals surface area contributed by atoms with E-state index in [4.69, 9.17) is 0 Å². The first kappa shape index (κ1) is 28.1. The first-order chi connectivity index (χ1) is 17.3. The maximum absolute atomic E-state index is 13.9. The molecule has 1 aromatic heterocycles. The Balaban J connectivity index is 1.90. The van der Waals surface area contributed by atoms with Gasteiger partial charge in [-0.2, -0.15) is 26.3 Å². The Bertz CT molecular complexity index is 1210. The van der Waals surface area contributed by atoms with Gasteiger partial charge in [0.1, 0.15) is 17.6 Å². The van der Waals surface area contributed by atoms with Gasteiger partial charge in [0.2, 0.25) is 5.91 Å². The fourth-order valence-electron chi connectivity index (χ4n) is 3.82. The fourth-order valence-corrected chi connectivity index (χ4v) is 3.82. The van der Waals surface area contributed by atoms with Crippen LogP contribution in [-0.2, 0) is 23.6 Å². The normalized spacial score (nSPS) is 13.8. The number of pyridine rings is 1. The van der Waals surface area contributed by atoms with Crippen molar-refractivity contribution in [1.29, 1.82) is 0 Å². The molecule has 0 saturated heterocycles. The van der Waals surface area contributed by atoms with Crippen molar-refractivity contribution < 1.29 is 35.5 Å². The summed E-state index contributed by atoms with van der Waals surface area (Å²) in [5.41, 5.74) is -0.183. The van der Waals surface area contributed by atoms with Gasteiger partial charge in [-0.15, -0.1) is 0 Å². The molecule has 3 rings (SSSR count). The van der Waals surface area contributed by atoms with Crippen LogP contribution in [0.3, 0.4) is 0 Å². The number of carbonyl (C=O) groups excluding carboxylic acids is 1. The first-order valence-electron chi connectivity index (χ1n) is 11.2. The highest BCUT2D eigenvalue weighted by Crippen LogP contribution is 2.32. The lowest BCUT2D eigenvalue weighted by Gasteiger charge is -2.26. The largest absolute Gasteiger partial charge is 0.433 e. The zero-order chi connectivity index (χ0) is 27.4. The maximum atomic E-state index is 13.9. The average molecular weight is 527 g/mol. The number of aromatic nitrogens is 1. The second-order valence-electron chi connectivity index (χ2n) is 8.48. The molecule has 1 amide bonds. The molecule has 0 spiro atoms. The number of alkyl halides is 6. The third-order valence-electron chi connectivity index (χ3n) is 5.87. The molecule has 3 aromatic rings. The average Bonchev–Trinajstić information content (AvgIpc) is 2.85. The molecule has 0 aliphatic rings. The third kappa shape index (κ3) is 7.28. The van der Waals surface area contributed by atoms with Crippen LogP contribution in [0.5, 0.6) is 0 Å². The summed E-state index contributed by atoms with van der Waals surface area (Å²) in [6, 6.07) is 8.99. The summed E-state index contributed by atoms with van der Waals surface area (Å²) in [4.78, 5) is 16.2. The van der Waals surface area contributed by atoms with E-state index in [0.29, 0.717) is 16.7 Å². The molecule has 1 heterocycles. The van der Waals surface area contributed by atoms with E-state index in [-0.39, 0.29) is 18.4 Å². The molecule has 2 aromatic carbocycles. The van der Waals surface area contributed by atoms with Gasteiger partial charge < -0.3 is 5.32 Å². The summed E-state index contributed by atoms with van der Waals surface area (Å²) in [5, 5.41) is 5.61. The van der Waals surface area contributed by atoms with Crippen LogP contribution in [0.25, 0.3) is 0 Å². The minimum atomic E-state index is -4.57. The number of rotatable bonds is 8. The van der Waals surface area contributed by atoms with Gasteiger partial charge in [-0.1, -0.05) is 30.3 Å². The molecule has 0 bridgehead atoms. The van der Waals surface area contributed by atoms with Crippen LogP contribution in [0.1, 0.15) is 52.0 Å². The number of amides is 1. The number of nitrogens with one attached hydrogen (secondary N) is 2. The molecule has 0 saturated carbocycles. The van der Waals surface area contributed by atoms with Crippen LogP contribution >= 0.6 is 0 Å². The van der Waals surface area contributed by atoms with Crippen molar-refractivity contribution in [2.45, 2.75) is 44.2 Å². The van der Waals surface area contributed by atoms with E-state index >= 15 is 0 Å². The molecule has 0 radical (unpaired) electrons. The van der Waals surface area contributed by atoms with Crippen molar-refractivity contribution in [3.8, 4) is 0 Å². The number of nitrogens with zero attached hydrogens (tertiary/aromatic N) is 1. The quantitative estimate of drug-likeness (QED) is 0.337. The van der Waals surface area contributed by atoms with Gasteiger partial charge in [-0.3, -0.25) is 15.1 Å². The molecule has 37 heavy (non-hydrogen) atoms. The third-order valence-corrected chi connectivity index (χ3v) is 5.87. The van der Waals surface area contributed by atoms with Crippen LogP contribution in [0, 0.1) is 12.7 Å². The van der Waals surface area contributed by atoms with E-state index in [1.807, 2.05) is 0 Å². The lowest BCUT2D eigenvalue weighted by molar-refractivity contribution is -0.141. The molecular formula is C26H24F7N3O. The Morgan fingerprint density at radius 3 is 2.08 bits per heavy atom. The highest BCUT2D eigenvalue weighted by molar-refractivity contribution is 5.83. The van der Waals surface area contributed by atoms with Gasteiger partial charge >= 0.3 is 12.4 Å². The van der Waals surface area contributed by atoms with Gasteiger partial charge in [0.05, 0.1) is 5.56 Å². The maximum Gasteiger partial charge on any atom is 0.433 e. The predicted octanol–water partition coefficient (Wildman–Crippen LogP) is 6.32. The van der Waals surface area contributed by atoms with E-state index in [9.17, 15) is 35.5 Å². The topological polar surface area (TPSA) is 54.0 Å². The number of carbonyl (C=O) groups is 1. The minimum Gasteiger partial charge on any atom is -0.358 e. The molecule has 11 heteroatoms. The van der Waals surface area contributed by atoms with E-state index in [1.165, 1.54) is 37.4 Å². The second kappa shape index (κ2) is 11.3. The Labute approximate surface area is 208 Å². The number of halogens is 7. The molecule has 2 atom stereocenters. The Morgan fingerprint density at radius 2 is 1.57 bits per heavy atom.